The van der Waals surface area contributed by atoms with Crippen molar-refractivity contribution >= 4 is 41.4 Å². The molecule has 0 aliphatic carbocycles. The van der Waals surface area contributed by atoms with Gasteiger partial charge in [0.1, 0.15) is 17.9 Å². The normalized spacial score (nSPS) is 22.8. The number of carbonyl (C=O) groups excluding carboxylic acids is 4. The van der Waals surface area contributed by atoms with Crippen molar-refractivity contribution in [1.29, 1.82) is 0 Å². The SMILES string of the molecule is COc1ccc(C[C@@H]2NC(=O)C=CC[C@@H]([C@H](C)C=Cc3ccccc3)OC(=O)[C@H](CC(C)C)OC(=O)[C@H](C)CNC2=O)cc1Cl. The first kappa shape index (κ1) is 35.4. The van der Waals surface area contributed by atoms with Crippen LogP contribution in [0.4, 0.5) is 0 Å². The van der Waals surface area contributed by atoms with Gasteiger partial charge < -0.3 is 24.8 Å². The lowest BCUT2D eigenvalue weighted by atomic mass is 9.99. The Morgan fingerprint density at radius 3 is 2.42 bits per heavy atom. The Kier molecular flexibility index (Phi) is 13.7. The lowest BCUT2D eigenvalue weighted by Gasteiger charge is -2.26. The van der Waals surface area contributed by atoms with Gasteiger partial charge in [-0.1, -0.05) is 93.9 Å². The van der Waals surface area contributed by atoms with Gasteiger partial charge in [0.05, 0.1) is 18.1 Å². The molecule has 3 rings (SSSR count). The predicted octanol–water partition coefficient (Wildman–Crippen LogP) is 5.31. The van der Waals surface area contributed by atoms with E-state index in [1.807, 2.05) is 63.3 Å². The summed E-state index contributed by atoms with van der Waals surface area (Å²) in [6.07, 6.45) is 5.68. The monoisotopic (exact) mass is 638 g/mol. The average Bonchev–Trinajstić information content (AvgIpc) is 3.01. The Balaban J connectivity index is 1.89. The lowest BCUT2D eigenvalue weighted by molar-refractivity contribution is -0.175. The molecule has 2 amide bonds. The highest BCUT2D eigenvalue weighted by molar-refractivity contribution is 6.32. The maximum Gasteiger partial charge on any atom is 0.347 e. The Morgan fingerprint density at radius 1 is 1.02 bits per heavy atom. The minimum absolute atomic E-state index is 0.0422. The number of hydrogen-bond donors (Lipinski definition) is 2. The fourth-order valence-corrected chi connectivity index (χ4v) is 4.97. The van der Waals surface area contributed by atoms with Gasteiger partial charge in [0, 0.05) is 25.3 Å². The van der Waals surface area contributed by atoms with Crippen LogP contribution in [0.1, 0.15) is 51.7 Å². The molecule has 242 valence electrons. The summed E-state index contributed by atoms with van der Waals surface area (Å²) in [5.41, 5.74) is 1.69. The van der Waals surface area contributed by atoms with Gasteiger partial charge in [0.2, 0.25) is 11.8 Å². The molecule has 1 heterocycles. The van der Waals surface area contributed by atoms with E-state index in [2.05, 4.69) is 10.6 Å². The molecule has 1 aliphatic heterocycles. The summed E-state index contributed by atoms with van der Waals surface area (Å²) in [4.78, 5) is 52.7. The highest BCUT2D eigenvalue weighted by Gasteiger charge is 2.31. The zero-order chi connectivity index (χ0) is 32.9. The molecule has 0 bridgehead atoms. The molecule has 2 aromatic carbocycles. The number of benzene rings is 2. The molecule has 0 spiro atoms. The van der Waals surface area contributed by atoms with Crippen molar-refractivity contribution in [2.24, 2.45) is 17.8 Å². The second-order valence-electron chi connectivity index (χ2n) is 11.7. The van der Waals surface area contributed by atoms with Crippen LogP contribution in [0.2, 0.25) is 5.02 Å². The quantitative estimate of drug-likeness (QED) is 0.376. The van der Waals surface area contributed by atoms with Crippen molar-refractivity contribution < 1.29 is 33.4 Å². The van der Waals surface area contributed by atoms with Gasteiger partial charge in [-0.25, -0.2) is 4.79 Å². The molecule has 0 aromatic heterocycles. The van der Waals surface area contributed by atoms with E-state index in [1.54, 1.807) is 31.2 Å². The smallest absolute Gasteiger partial charge is 0.347 e. The Morgan fingerprint density at radius 2 is 1.76 bits per heavy atom. The zero-order valence-corrected chi connectivity index (χ0v) is 27.2. The van der Waals surface area contributed by atoms with E-state index in [0.29, 0.717) is 16.3 Å². The first-order valence-corrected chi connectivity index (χ1v) is 15.6. The molecule has 2 aromatic rings. The van der Waals surface area contributed by atoms with Gasteiger partial charge >= 0.3 is 11.9 Å². The van der Waals surface area contributed by atoms with E-state index in [4.69, 9.17) is 25.8 Å². The van der Waals surface area contributed by atoms with Crippen molar-refractivity contribution in [2.45, 2.75) is 65.2 Å². The number of cyclic esters (lactones) is 2. The molecule has 0 unspecified atom stereocenters. The molecule has 0 fully saturated rings. The van der Waals surface area contributed by atoms with Gasteiger partial charge in [-0.05, 0) is 41.7 Å². The van der Waals surface area contributed by atoms with Gasteiger partial charge in [-0.2, -0.15) is 0 Å². The van der Waals surface area contributed by atoms with E-state index < -0.39 is 47.9 Å². The van der Waals surface area contributed by atoms with Crippen molar-refractivity contribution in [3.8, 4) is 5.75 Å². The van der Waals surface area contributed by atoms with E-state index in [9.17, 15) is 19.2 Å². The van der Waals surface area contributed by atoms with Crippen LogP contribution in [0, 0.1) is 17.8 Å². The summed E-state index contributed by atoms with van der Waals surface area (Å²) < 4.78 is 16.8. The molecular formula is C35H43ClN2O7. The number of hydrogen-bond acceptors (Lipinski definition) is 7. The molecule has 5 atom stereocenters. The van der Waals surface area contributed by atoms with E-state index >= 15 is 0 Å². The van der Waals surface area contributed by atoms with Crippen molar-refractivity contribution in [1.82, 2.24) is 10.6 Å². The topological polar surface area (TPSA) is 120 Å². The van der Waals surface area contributed by atoms with Crippen LogP contribution in [0.5, 0.6) is 5.75 Å². The first-order valence-electron chi connectivity index (χ1n) is 15.2. The molecule has 10 heteroatoms. The minimum Gasteiger partial charge on any atom is -0.495 e. The number of rotatable bonds is 8. The molecular weight excluding hydrogens is 596 g/mol. The van der Waals surface area contributed by atoms with Crippen molar-refractivity contribution in [2.75, 3.05) is 13.7 Å². The van der Waals surface area contributed by atoms with Crippen LogP contribution < -0.4 is 15.4 Å². The summed E-state index contributed by atoms with van der Waals surface area (Å²) >= 11 is 6.29. The molecule has 0 saturated carbocycles. The van der Waals surface area contributed by atoms with Gasteiger partial charge in [0.25, 0.3) is 0 Å². The highest BCUT2D eigenvalue weighted by atomic mass is 35.5. The van der Waals surface area contributed by atoms with Crippen LogP contribution in [-0.4, -0.2) is 55.7 Å². The number of esters is 2. The van der Waals surface area contributed by atoms with Crippen molar-refractivity contribution in [3.63, 3.8) is 0 Å². The van der Waals surface area contributed by atoms with E-state index in [-0.39, 0.29) is 37.6 Å². The van der Waals surface area contributed by atoms with Crippen LogP contribution in [0.3, 0.4) is 0 Å². The number of nitrogens with one attached hydrogen (secondary N) is 2. The predicted molar refractivity (Wildman–Crippen MR) is 173 cm³/mol. The summed E-state index contributed by atoms with van der Waals surface area (Å²) in [5.74, 6) is -2.74. The average molecular weight is 639 g/mol. The van der Waals surface area contributed by atoms with E-state index in [0.717, 1.165) is 5.56 Å². The molecule has 9 nitrogen and oxygen atoms in total. The zero-order valence-electron chi connectivity index (χ0n) is 26.5. The second kappa shape index (κ2) is 17.4. The largest absolute Gasteiger partial charge is 0.495 e. The lowest BCUT2D eigenvalue weighted by Crippen LogP contribution is -2.49. The van der Waals surface area contributed by atoms with E-state index in [1.165, 1.54) is 13.2 Å². The molecule has 0 radical (unpaired) electrons. The maximum absolute atomic E-state index is 13.4. The Hall–Kier alpha value is -4.11. The number of halogens is 1. The summed E-state index contributed by atoms with van der Waals surface area (Å²) in [6, 6.07) is 13.9. The van der Waals surface area contributed by atoms with Gasteiger partial charge in [0.15, 0.2) is 6.10 Å². The molecule has 0 saturated heterocycles. The number of methoxy groups -OCH3 is 1. The highest BCUT2D eigenvalue weighted by Crippen LogP contribution is 2.26. The number of carbonyl (C=O) groups is 4. The standard InChI is InChI=1S/C35H43ClN2O7/c1-22(2)18-31-35(42)44-29(23(3)14-15-25-10-7-6-8-11-25)12-9-13-32(39)38-28(33(40)37-21-24(4)34(41)45-31)20-26-16-17-30(43-5)27(36)19-26/h6-11,13-17,19,22-24,28-29,31H,12,18,20-21H2,1-5H3,(H,37,40)(H,38,39)/t23-,24-,28+,29+,31+/m1/s1. The molecule has 1 aliphatic rings. The third kappa shape index (κ3) is 11.4. The molecule has 2 N–H and O–H groups in total. The van der Waals surface area contributed by atoms with Crippen LogP contribution in [-0.2, 0) is 35.1 Å². The summed E-state index contributed by atoms with van der Waals surface area (Å²) in [7, 11) is 1.51. The van der Waals surface area contributed by atoms with Gasteiger partial charge in [-0.3, -0.25) is 14.4 Å². The minimum atomic E-state index is -1.11. The first-order chi connectivity index (χ1) is 21.5. The third-order valence-electron chi connectivity index (χ3n) is 7.36. The van der Waals surface area contributed by atoms with Crippen LogP contribution >= 0.6 is 11.6 Å². The maximum atomic E-state index is 13.4. The van der Waals surface area contributed by atoms with Gasteiger partial charge in [-0.15, -0.1) is 0 Å². The van der Waals surface area contributed by atoms with Crippen molar-refractivity contribution in [3.05, 3.63) is 82.9 Å². The second-order valence-corrected chi connectivity index (χ2v) is 12.1. The summed E-state index contributed by atoms with van der Waals surface area (Å²) in [5, 5.41) is 5.85. The van der Waals surface area contributed by atoms with Crippen LogP contribution in [0.25, 0.3) is 6.08 Å². The fourth-order valence-electron chi connectivity index (χ4n) is 4.69. The van der Waals surface area contributed by atoms with Crippen LogP contribution in [0.15, 0.2) is 66.8 Å². The third-order valence-corrected chi connectivity index (χ3v) is 7.66. The Bertz CT molecular complexity index is 1380. The number of ether oxygens (including phenoxy) is 3. The summed E-state index contributed by atoms with van der Waals surface area (Å²) in [6.45, 7) is 7.29. The number of amides is 2. The Labute approximate surface area is 270 Å². The fraction of sp³-hybridized carbons (Fsp3) is 0.429. The molecule has 45 heavy (non-hydrogen) atoms.